The summed E-state index contributed by atoms with van der Waals surface area (Å²) in [5, 5.41) is 0. The van der Waals surface area contributed by atoms with Crippen LogP contribution in [0, 0.1) is 13.8 Å². The van der Waals surface area contributed by atoms with Crippen molar-refractivity contribution in [3.8, 4) is 17.0 Å². The van der Waals surface area contributed by atoms with Gasteiger partial charge < -0.3 is 9.30 Å². The van der Waals surface area contributed by atoms with Gasteiger partial charge in [-0.3, -0.25) is 4.79 Å². The van der Waals surface area contributed by atoms with E-state index in [0.29, 0.717) is 5.69 Å². The molecular weight excluding hydrogens is 228 g/mol. The molecule has 0 aliphatic carbocycles. The maximum absolute atomic E-state index is 11.0. The predicted octanol–water partition coefficient (Wildman–Crippen LogP) is 2.53. The molecule has 0 saturated heterocycles. The minimum Gasteiger partial charge on any atom is -0.496 e. The second-order valence-electron chi connectivity index (χ2n) is 4.34. The molecule has 1 aromatic heterocycles. The van der Waals surface area contributed by atoms with E-state index < -0.39 is 0 Å². The zero-order valence-corrected chi connectivity index (χ0v) is 11.0. The highest BCUT2D eigenvalue weighted by molar-refractivity contribution is 5.85. The van der Waals surface area contributed by atoms with Crippen molar-refractivity contribution in [3.63, 3.8) is 0 Å². The summed E-state index contributed by atoms with van der Waals surface area (Å²) in [7, 11) is 3.54. The SMILES string of the molecule is COc1cc(C)c(-c2c(C=O)ncn2C)cc1C. The second kappa shape index (κ2) is 4.64. The van der Waals surface area contributed by atoms with E-state index in [1.54, 1.807) is 13.4 Å². The third-order valence-corrected chi connectivity index (χ3v) is 3.07. The largest absolute Gasteiger partial charge is 0.496 e. The molecule has 0 atom stereocenters. The number of rotatable bonds is 3. The fourth-order valence-electron chi connectivity index (χ4n) is 2.13. The Morgan fingerprint density at radius 1 is 1.28 bits per heavy atom. The van der Waals surface area contributed by atoms with E-state index in [4.69, 9.17) is 4.74 Å². The highest BCUT2D eigenvalue weighted by Crippen LogP contribution is 2.31. The number of carbonyl (C=O) groups is 1. The highest BCUT2D eigenvalue weighted by Gasteiger charge is 2.14. The van der Waals surface area contributed by atoms with Crippen molar-refractivity contribution in [2.45, 2.75) is 13.8 Å². The van der Waals surface area contributed by atoms with Crippen molar-refractivity contribution in [2.24, 2.45) is 7.05 Å². The first kappa shape index (κ1) is 12.4. The molecular formula is C14H16N2O2. The van der Waals surface area contributed by atoms with E-state index in [2.05, 4.69) is 4.98 Å². The quantitative estimate of drug-likeness (QED) is 0.779. The molecule has 18 heavy (non-hydrogen) atoms. The number of aromatic nitrogens is 2. The average Bonchev–Trinajstić information content (AvgIpc) is 2.72. The van der Waals surface area contributed by atoms with Crippen LogP contribution in [0.3, 0.4) is 0 Å². The Balaban J connectivity index is 2.67. The maximum Gasteiger partial charge on any atom is 0.170 e. The summed E-state index contributed by atoms with van der Waals surface area (Å²) in [6.45, 7) is 3.98. The average molecular weight is 244 g/mol. The summed E-state index contributed by atoms with van der Waals surface area (Å²) in [6.07, 6.45) is 2.44. The number of aryl methyl sites for hydroxylation is 3. The first-order valence-electron chi connectivity index (χ1n) is 5.70. The van der Waals surface area contributed by atoms with Crippen molar-refractivity contribution in [1.82, 2.24) is 9.55 Å². The lowest BCUT2D eigenvalue weighted by Crippen LogP contribution is -1.97. The molecule has 0 saturated carbocycles. The Bertz CT molecular complexity index is 600. The van der Waals surface area contributed by atoms with Crippen LogP contribution >= 0.6 is 0 Å². The lowest BCUT2D eigenvalue weighted by molar-refractivity contribution is 0.112. The molecule has 1 aromatic carbocycles. The molecule has 4 heteroatoms. The van der Waals surface area contributed by atoms with Crippen LogP contribution < -0.4 is 4.74 Å². The van der Waals surface area contributed by atoms with E-state index in [9.17, 15) is 4.79 Å². The Morgan fingerprint density at radius 3 is 2.61 bits per heavy atom. The number of methoxy groups -OCH3 is 1. The molecule has 0 fully saturated rings. The van der Waals surface area contributed by atoms with E-state index in [1.807, 2.05) is 37.6 Å². The monoisotopic (exact) mass is 244 g/mol. The van der Waals surface area contributed by atoms with E-state index in [0.717, 1.165) is 34.4 Å². The van der Waals surface area contributed by atoms with E-state index in [1.165, 1.54) is 0 Å². The van der Waals surface area contributed by atoms with Gasteiger partial charge >= 0.3 is 0 Å². The Kier molecular flexibility index (Phi) is 3.19. The van der Waals surface area contributed by atoms with Crippen molar-refractivity contribution < 1.29 is 9.53 Å². The lowest BCUT2D eigenvalue weighted by atomic mass is 10.0. The number of nitrogens with zero attached hydrogens (tertiary/aromatic N) is 2. The smallest absolute Gasteiger partial charge is 0.170 e. The number of ether oxygens (including phenoxy) is 1. The summed E-state index contributed by atoms with van der Waals surface area (Å²) in [5.41, 5.74) is 4.41. The molecule has 0 aliphatic rings. The zero-order valence-electron chi connectivity index (χ0n) is 11.0. The molecule has 2 aromatic rings. The van der Waals surface area contributed by atoms with Crippen LogP contribution in [-0.2, 0) is 7.05 Å². The topological polar surface area (TPSA) is 44.1 Å². The minimum absolute atomic E-state index is 0.463. The van der Waals surface area contributed by atoms with Crippen LogP contribution in [0.2, 0.25) is 0 Å². The van der Waals surface area contributed by atoms with Crippen LogP contribution in [0.25, 0.3) is 11.3 Å². The van der Waals surface area contributed by atoms with Crippen LogP contribution in [0.15, 0.2) is 18.5 Å². The molecule has 0 spiro atoms. The lowest BCUT2D eigenvalue weighted by Gasteiger charge is -2.12. The van der Waals surface area contributed by atoms with E-state index >= 15 is 0 Å². The first-order chi connectivity index (χ1) is 8.58. The number of hydrogen-bond acceptors (Lipinski definition) is 3. The zero-order chi connectivity index (χ0) is 13.3. The van der Waals surface area contributed by atoms with Gasteiger partial charge in [0.1, 0.15) is 11.4 Å². The molecule has 0 bridgehead atoms. The molecule has 0 radical (unpaired) electrons. The molecule has 0 amide bonds. The standard InChI is InChI=1S/C14H16N2O2/c1-9-6-13(18-4)10(2)5-11(9)14-12(7-17)15-8-16(14)3/h5-8H,1-4H3. The molecule has 0 unspecified atom stereocenters. The molecule has 94 valence electrons. The van der Waals surface area contributed by atoms with Gasteiger partial charge in [0.25, 0.3) is 0 Å². The van der Waals surface area contributed by atoms with Gasteiger partial charge in [0, 0.05) is 12.6 Å². The number of hydrogen-bond donors (Lipinski definition) is 0. The van der Waals surface area contributed by atoms with Crippen LogP contribution in [0.4, 0.5) is 0 Å². The molecule has 0 N–H and O–H groups in total. The predicted molar refractivity (Wildman–Crippen MR) is 70.1 cm³/mol. The third kappa shape index (κ3) is 1.90. The van der Waals surface area contributed by atoms with Crippen LogP contribution in [0.5, 0.6) is 5.75 Å². The number of carbonyl (C=O) groups excluding carboxylic acids is 1. The molecule has 1 heterocycles. The molecule has 2 rings (SSSR count). The summed E-state index contributed by atoms with van der Waals surface area (Å²) in [6, 6.07) is 4.00. The van der Waals surface area contributed by atoms with Crippen molar-refractivity contribution in [3.05, 3.63) is 35.3 Å². The first-order valence-corrected chi connectivity index (χ1v) is 5.70. The maximum atomic E-state index is 11.0. The van der Waals surface area contributed by atoms with Gasteiger partial charge in [-0.15, -0.1) is 0 Å². The summed E-state index contributed by atoms with van der Waals surface area (Å²) in [4.78, 5) is 15.1. The van der Waals surface area contributed by atoms with Gasteiger partial charge in [-0.05, 0) is 37.1 Å². The number of benzene rings is 1. The van der Waals surface area contributed by atoms with Gasteiger partial charge in [-0.2, -0.15) is 0 Å². The highest BCUT2D eigenvalue weighted by atomic mass is 16.5. The van der Waals surface area contributed by atoms with Gasteiger partial charge in [0.2, 0.25) is 0 Å². The fourth-order valence-corrected chi connectivity index (χ4v) is 2.13. The van der Waals surface area contributed by atoms with Gasteiger partial charge in [0.05, 0.1) is 19.1 Å². The van der Waals surface area contributed by atoms with Crippen LogP contribution in [-0.4, -0.2) is 22.9 Å². The second-order valence-corrected chi connectivity index (χ2v) is 4.34. The number of imidazole rings is 1. The van der Waals surface area contributed by atoms with Crippen LogP contribution in [0.1, 0.15) is 21.6 Å². The summed E-state index contributed by atoms with van der Waals surface area (Å²) >= 11 is 0. The van der Waals surface area contributed by atoms with E-state index in [-0.39, 0.29) is 0 Å². The van der Waals surface area contributed by atoms with Crippen molar-refractivity contribution in [1.29, 1.82) is 0 Å². The van der Waals surface area contributed by atoms with Crippen molar-refractivity contribution in [2.75, 3.05) is 7.11 Å². The Labute approximate surface area is 106 Å². The Hall–Kier alpha value is -2.10. The van der Waals surface area contributed by atoms with Gasteiger partial charge in [0.15, 0.2) is 6.29 Å². The molecule has 4 nitrogen and oxygen atoms in total. The summed E-state index contributed by atoms with van der Waals surface area (Å²) in [5.74, 6) is 0.853. The van der Waals surface area contributed by atoms with Gasteiger partial charge in [-0.1, -0.05) is 0 Å². The minimum atomic E-state index is 0.463. The normalized spacial score (nSPS) is 10.4. The summed E-state index contributed by atoms with van der Waals surface area (Å²) < 4.78 is 7.15. The van der Waals surface area contributed by atoms with Gasteiger partial charge in [-0.25, -0.2) is 4.98 Å². The van der Waals surface area contributed by atoms with Crippen molar-refractivity contribution >= 4 is 6.29 Å². The Morgan fingerprint density at radius 2 is 2.00 bits per heavy atom. The molecule has 0 aliphatic heterocycles. The fraction of sp³-hybridized carbons (Fsp3) is 0.286. The third-order valence-electron chi connectivity index (χ3n) is 3.07. The number of aldehydes is 1.